The van der Waals surface area contributed by atoms with E-state index in [1.807, 2.05) is 11.5 Å². The molecule has 2 amide bonds. The third-order valence-corrected chi connectivity index (χ3v) is 4.30. The van der Waals surface area contributed by atoms with E-state index in [1.54, 1.807) is 25.1 Å². The smallest absolute Gasteiger partial charge is 0.257 e. The minimum atomic E-state index is -0.595. The highest BCUT2D eigenvalue weighted by molar-refractivity contribution is 6.05. The molecule has 0 unspecified atom stereocenters. The molecule has 0 fully saturated rings. The normalized spacial score (nSPS) is 10.6. The molecule has 3 rings (SSSR count). The first-order valence-corrected chi connectivity index (χ1v) is 8.59. The molecule has 0 saturated carbocycles. The van der Waals surface area contributed by atoms with Crippen molar-refractivity contribution >= 4 is 23.2 Å². The minimum Gasteiger partial charge on any atom is -0.324 e. The van der Waals surface area contributed by atoms with E-state index in [9.17, 15) is 18.4 Å². The summed E-state index contributed by atoms with van der Waals surface area (Å²) < 4.78 is 28.8. The van der Waals surface area contributed by atoms with Gasteiger partial charge in [-0.25, -0.2) is 8.78 Å². The monoisotopic (exact) mass is 383 g/mol. The molecule has 2 N–H and O–H groups in total. The number of hydrogen-bond acceptors (Lipinski definition) is 2. The number of nitrogens with one attached hydrogen (secondary N) is 2. The molecule has 5 nitrogen and oxygen atoms in total. The lowest BCUT2D eigenvalue weighted by atomic mass is 10.2. The number of anilines is 2. The molecule has 0 atom stereocenters. The zero-order valence-electron chi connectivity index (χ0n) is 15.6. The summed E-state index contributed by atoms with van der Waals surface area (Å²) >= 11 is 0. The number of aryl methyl sites for hydroxylation is 1. The van der Waals surface area contributed by atoms with E-state index in [2.05, 4.69) is 10.6 Å². The largest absolute Gasteiger partial charge is 0.324 e. The fourth-order valence-corrected chi connectivity index (χ4v) is 3.07. The number of nitrogens with zero attached hydrogens (tertiary/aromatic N) is 1. The van der Waals surface area contributed by atoms with Gasteiger partial charge in [-0.15, -0.1) is 0 Å². The van der Waals surface area contributed by atoms with Crippen LogP contribution in [0.3, 0.4) is 0 Å². The second-order valence-corrected chi connectivity index (χ2v) is 6.43. The molecule has 0 saturated heterocycles. The second-order valence-electron chi connectivity index (χ2n) is 6.43. The topological polar surface area (TPSA) is 63.1 Å². The molecule has 2 aromatic carbocycles. The SMILES string of the molecule is CC(=O)Nc1cc(NC(=O)c2cc(C)n(-c3ccc(F)cc3)c2C)ccc1F. The summed E-state index contributed by atoms with van der Waals surface area (Å²) in [6, 6.07) is 11.7. The maximum Gasteiger partial charge on any atom is 0.257 e. The Morgan fingerprint density at radius 2 is 1.61 bits per heavy atom. The summed E-state index contributed by atoms with van der Waals surface area (Å²) in [4.78, 5) is 23.9. The lowest BCUT2D eigenvalue weighted by Gasteiger charge is -2.11. The quantitative estimate of drug-likeness (QED) is 0.693. The van der Waals surface area contributed by atoms with Gasteiger partial charge >= 0.3 is 0 Å². The van der Waals surface area contributed by atoms with Crippen molar-refractivity contribution in [3.8, 4) is 5.69 Å². The first kappa shape index (κ1) is 19.3. The number of hydrogen-bond donors (Lipinski definition) is 2. The maximum atomic E-state index is 13.8. The number of rotatable bonds is 4. The molecule has 0 spiro atoms. The first-order valence-electron chi connectivity index (χ1n) is 8.59. The molecular formula is C21H19F2N3O2. The van der Waals surface area contributed by atoms with Crippen molar-refractivity contribution in [1.29, 1.82) is 0 Å². The Hall–Kier alpha value is -3.48. The number of carbonyl (C=O) groups excluding carboxylic acids is 2. The molecule has 3 aromatic rings. The zero-order chi connectivity index (χ0) is 20.4. The summed E-state index contributed by atoms with van der Waals surface area (Å²) in [6.07, 6.45) is 0. The molecule has 28 heavy (non-hydrogen) atoms. The average Bonchev–Trinajstić information content (AvgIpc) is 2.93. The van der Waals surface area contributed by atoms with Crippen molar-refractivity contribution in [2.24, 2.45) is 0 Å². The molecule has 0 aliphatic rings. The number of halogens is 2. The highest BCUT2D eigenvalue weighted by atomic mass is 19.1. The third kappa shape index (κ3) is 3.93. The Morgan fingerprint density at radius 1 is 0.929 bits per heavy atom. The molecule has 1 aromatic heterocycles. The average molecular weight is 383 g/mol. The van der Waals surface area contributed by atoms with Crippen molar-refractivity contribution in [3.05, 3.63) is 77.1 Å². The number of amides is 2. The van der Waals surface area contributed by atoms with Gasteiger partial charge in [-0.2, -0.15) is 0 Å². The Labute approximate surface area is 161 Å². The van der Waals surface area contributed by atoms with Crippen molar-refractivity contribution in [2.45, 2.75) is 20.8 Å². The minimum absolute atomic E-state index is 0.0120. The lowest BCUT2D eigenvalue weighted by molar-refractivity contribution is -0.114. The fourth-order valence-electron chi connectivity index (χ4n) is 3.07. The Balaban J connectivity index is 1.89. The van der Waals surface area contributed by atoms with Crippen LogP contribution in [0.25, 0.3) is 5.69 Å². The van der Waals surface area contributed by atoms with Crippen LogP contribution >= 0.6 is 0 Å². The van der Waals surface area contributed by atoms with E-state index in [1.165, 1.54) is 37.3 Å². The van der Waals surface area contributed by atoms with Crippen LogP contribution in [0.4, 0.5) is 20.2 Å². The standard InChI is InChI=1S/C21H19F2N3O2/c1-12-10-18(13(2)26(12)17-7-4-15(22)5-8-17)21(28)25-16-6-9-19(23)20(11-16)24-14(3)27/h4-11H,1-3H3,(H,24,27)(H,25,28). The van der Waals surface area contributed by atoms with Crippen LogP contribution in [0.5, 0.6) is 0 Å². The van der Waals surface area contributed by atoms with Gasteiger partial charge in [0.25, 0.3) is 5.91 Å². The molecule has 0 radical (unpaired) electrons. The maximum absolute atomic E-state index is 13.8. The van der Waals surface area contributed by atoms with Gasteiger partial charge in [0.05, 0.1) is 11.3 Å². The molecule has 144 valence electrons. The van der Waals surface area contributed by atoms with Crippen LogP contribution in [0.1, 0.15) is 28.7 Å². The molecule has 7 heteroatoms. The molecular weight excluding hydrogens is 364 g/mol. The van der Waals surface area contributed by atoms with Gasteiger partial charge in [0.2, 0.25) is 5.91 Å². The predicted molar refractivity (Wildman–Crippen MR) is 104 cm³/mol. The highest BCUT2D eigenvalue weighted by Crippen LogP contribution is 2.24. The lowest BCUT2D eigenvalue weighted by Crippen LogP contribution is -2.14. The van der Waals surface area contributed by atoms with Crippen LogP contribution in [-0.2, 0) is 4.79 Å². The van der Waals surface area contributed by atoms with E-state index in [-0.39, 0.29) is 17.4 Å². The summed E-state index contributed by atoms with van der Waals surface area (Å²) in [5.74, 6) is -1.72. The van der Waals surface area contributed by atoms with Crippen molar-refractivity contribution in [3.63, 3.8) is 0 Å². The second kappa shape index (κ2) is 7.64. The number of benzene rings is 2. The van der Waals surface area contributed by atoms with E-state index in [0.29, 0.717) is 16.9 Å². The van der Waals surface area contributed by atoms with Gasteiger partial charge in [0, 0.05) is 29.7 Å². The van der Waals surface area contributed by atoms with Gasteiger partial charge in [-0.05, 0) is 62.4 Å². The van der Waals surface area contributed by atoms with Crippen LogP contribution in [0, 0.1) is 25.5 Å². The van der Waals surface area contributed by atoms with Gasteiger partial charge in [0.1, 0.15) is 11.6 Å². The van der Waals surface area contributed by atoms with Crippen LogP contribution in [0.2, 0.25) is 0 Å². The fraction of sp³-hybridized carbons (Fsp3) is 0.143. The third-order valence-electron chi connectivity index (χ3n) is 4.30. The molecule has 1 heterocycles. The summed E-state index contributed by atoms with van der Waals surface area (Å²) in [6.45, 7) is 4.91. The first-order chi connectivity index (χ1) is 13.3. The van der Waals surface area contributed by atoms with Gasteiger partial charge in [-0.1, -0.05) is 0 Å². The van der Waals surface area contributed by atoms with E-state index >= 15 is 0 Å². The highest BCUT2D eigenvalue weighted by Gasteiger charge is 2.17. The van der Waals surface area contributed by atoms with E-state index in [0.717, 1.165) is 11.4 Å². The molecule has 0 bridgehead atoms. The van der Waals surface area contributed by atoms with Gasteiger partial charge in [-0.3, -0.25) is 9.59 Å². The van der Waals surface area contributed by atoms with Gasteiger partial charge in [0.15, 0.2) is 0 Å². The van der Waals surface area contributed by atoms with E-state index in [4.69, 9.17) is 0 Å². The van der Waals surface area contributed by atoms with Crippen LogP contribution in [0.15, 0.2) is 48.5 Å². The number of aromatic nitrogens is 1. The number of carbonyl (C=O) groups is 2. The Bertz CT molecular complexity index is 1060. The van der Waals surface area contributed by atoms with E-state index < -0.39 is 11.7 Å². The molecule has 0 aliphatic heterocycles. The molecule has 0 aliphatic carbocycles. The summed E-state index contributed by atoms with van der Waals surface area (Å²) in [5, 5.41) is 5.09. The van der Waals surface area contributed by atoms with Crippen molar-refractivity contribution in [1.82, 2.24) is 4.57 Å². The van der Waals surface area contributed by atoms with Crippen molar-refractivity contribution in [2.75, 3.05) is 10.6 Å². The van der Waals surface area contributed by atoms with Crippen LogP contribution < -0.4 is 10.6 Å². The Kier molecular flexibility index (Phi) is 5.26. The summed E-state index contributed by atoms with van der Waals surface area (Å²) in [7, 11) is 0. The Morgan fingerprint density at radius 3 is 2.25 bits per heavy atom. The zero-order valence-corrected chi connectivity index (χ0v) is 15.6. The summed E-state index contributed by atoms with van der Waals surface area (Å²) in [5.41, 5.74) is 3.01. The van der Waals surface area contributed by atoms with Crippen LogP contribution in [-0.4, -0.2) is 16.4 Å². The predicted octanol–water partition coefficient (Wildman–Crippen LogP) is 4.58. The van der Waals surface area contributed by atoms with Crippen molar-refractivity contribution < 1.29 is 18.4 Å². The van der Waals surface area contributed by atoms with Gasteiger partial charge < -0.3 is 15.2 Å².